The predicted octanol–water partition coefficient (Wildman–Crippen LogP) is -4.98. The normalized spacial score (nSPS) is 14.9. The van der Waals surface area contributed by atoms with Crippen molar-refractivity contribution in [1.82, 2.24) is 0 Å². The topological polar surface area (TPSA) is 73.8 Å². The van der Waals surface area contributed by atoms with E-state index >= 15 is 0 Å². The minimum atomic E-state index is -3.75. The Morgan fingerprint density at radius 3 is 1.20 bits per heavy atom. The fourth-order valence-corrected chi connectivity index (χ4v) is 7.48. The van der Waals surface area contributed by atoms with E-state index < -0.39 is 13.0 Å². The van der Waals surface area contributed by atoms with E-state index in [9.17, 15) is 9.79 Å². The Kier molecular flexibility index (Phi) is 11.8. The van der Waals surface area contributed by atoms with Crippen molar-refractivity contribution < 1.29 is 82.7 Å². The van der Waals surface area contributed by atoms with Crippen molar-refractivity contribution in [1.29, 1.82) is 0 Å². The maximum absolute atomic E-state index is 12.6. The summed E-state index contributed by atoms with van der Waals surface area (Å²) >= 11 is 10.0. The molecule has 0 amide bonds. The van der Waals surface area contributed by atoms with Crippen molar-refractivity contribution in [2.45, 2.75) is 0 Å². The first-order valence-corrected chi connectivity index (χ1v) is 11.7. The molecule has 0 aliphatic heterocycles. The summed E-state index contributed by atoms with van der Waals surface area (Å²) in [6, 6.07) is 12.4. The van der Waals surface area contributed by atoms with Gasteiger partial charge in [-0.1, -0.05) is 23.6 Å². The molecule has 0 bridgehead atoms. The molecule has 2 rings (SSSR count). The number of methoxy groups -OCH3 is 2. The van der Waals surface area contributed by atoms with Gasteiger partial charge in [0, 0.05) is 13.0 Å². The van der Waals surface area contributed by atoms with Crippen LogP contribution in [-0.4, -0.2) is 14.2 Å². The fraction of sp³-hybridized carbons (Fsp3) is 0.143. The minimum absolute atomic E-state index is 0. The van der Waals surface area contributed by atoms with Crippen LogP contribution in [0.3, 0.4) is 0 Å². The molecule has 2 aromatic carbocycles. The van der Waals surface area contributed by atoms with Gasteiger partial charge in [0.15, 0.2) is 0 Å². The first kappa shape index (κ1) is 26.2. The fourth-order valence-electron chi connectivity index (χ4n) is 1.77. The molecule has 2 atom stereocenters. The average molecular weight is 434 g/mol. The standard InChI is InChI=1S/C14H16O5P2S2.2Na/c1-17-11-3-7-13(8-4-11)20(15,22)19-21(16,23)14-9-5-12(18-2)6-10-14;;/h3-10H,1-2H3,(H,15,22)(H,16,23);;/q;2*+1/p-2. The van der Waals surface area contributed by atoms with E-state index in [1.54, 1.807) is 24.3 Å². The van der Waals surface area contributed by atoms with E-state index in [1.165, 1.54) is 38.5 Å². The second-order valence-electron chi connectivity index (χ2n) is 4.47. The summed E-state index contributed by atoms with van der Waals surface area (Å²) in [4.78, 5) is 25.2. The molecular formula is C14H14Na2O5P2S2. The third-order valence-electron chi connectivity index (χ3n) is 2.99. The molecule has 0 N–H and O–H groups in total. The smallest absolute Gasteiger partial charge is 0.797 e. The third kappa shape index (κ3) is 7.28. The minimum Gasteiger partial charge on any atom is -0.797 e. The first-order valence-electron chi connectivity index (χ1n) is 6.41. The van der Waals surface area contributed by atoms with Gasteiger partial charge in [0.2, 0.25) is 0 Å². The Hall–Kier alpha value is 1.22. The number of hydrogen-bond acceptors (Lipinski definition) is 7. The zero-order valence-electron chi connectivity index (χ0n) is 14.4. The summed E-state index contributed by atoms with van der Waals surface area (Å²) in [6.45, 7) is -7.50. The molecule has 0 aromatic heterocycles. The second kappa shape index (κ2) is 11.3. The van der Waals surface area contributed by atoms with Gasteiger partial charge < -0.3 is 23.6 Å². The maximum atomic E-state index is 12.6. The Bertz CT molecular complexity index is 706. The molecule has 0 heterocycles. The van der Waals surface area contributed by atoms with E-state index in [1.807, 2.05) is 0 Å². The molecule has 0 aliphatic carbocycles. The SMILES string of the molecule is COc1ccc(P([O-])(=S)OP([O-])(=S)c2ccc(OC)cc2)cc1.[Na+].[Na+]. The summed E-state index contributed by atoms with van der Waals surface area (Å²) in [7, 11) is 3.03. The van der Waals surface area contributed by atoms with Crippen LogP contribution in [-0.2, 0) is 27.9 Å². The van der Waals surface area contributed by atoms with E-state index in [4.69, 9.17) is 37.4 Å². The molecule has 2 aromatic rings. The molecule has 0 fully saturated rings. The summed E-state index contributed by atoms with van der Waals surface area (Å²) in [6.07, 6.45) is 0. The molecule has 0 spiro atoms. The van der Waals surface area contributed by atoms with Crippen molar-refractivity contribution in [2.24, 2.45) is 0 Å². The molecular weight excluding hydrogens is 420 g/mol. The Balaban J connectivity index is 0.00000288. The summed E-state index contributed by atoms with van der Waals surface area (Å²) < 4.78 is 15.2. The van der Waals surface area contributed by atoms with Gasteiger partial charge in [0.25, 0.3) is 0 Å². The van der Waals surface area contributed by atoms with E-state index in [0.29, 0.717) is 11.5 Å². The van der Waals surface area contributed by atoms with Crippen molar-refractivity contribution in [3.8, 4) is 11.5 Å². The van der Waals surface area contributed by atoms with Gasteiger partial charge in [-0.25, -0.2) is 0 Å². The molecule has 0 aliphatic rings. The molecule has 5 nitrogen and oxygen atoms in total. The molecule has 2 unspecified atom stereocenters. The maximum Gasteiger partial charge on any atom is 1.00 e. The van der Waals surface area contributed by atoms with Crippen LogP contribution in [0.5, 0.6) is 11.5 Å². The van der Waals surface area contributed by atoms with Crippen LogP contribution in [0.15, 0.2) is 48.5 Å². The van der Waals surface area contributed by atoms with Crippen LogP contribution in [0, 0.1) is 0 Å². The Morgan fingerprint density at radius 2 is 0.960 bits per heavy atom. The molecule has 25 heavy (non-hydrogen) atoms. The third-order valence-corrected chi connectivity index (χ3v) is 9.04. The average Bonchev–Trinajstić information content (AvgIpc) is 2.54. The monoisotopic (exact) mass is 434 g/mol. The Morgan fingerprint density at radius 1 is 0.680 bits per heavy atom. The quantitative estimate of drug-likeness (QED) is 0.333. The summed E-state index contributed by atoms with van der Waals surface area (Å²) in [5, 5.41) is 0.485. The number of ether oxygens (including phenoxy) is 2. The van der Waals surface area contributed by atoms with Crippen molar-refractivity contribution in [3.63, 3.8) is 0 Å². The zero-order valence-corrected chi connectivity index (χ0v) is 21.8. The van der Waals surface area contributed by atoms with E-state index in [2.05, 4.69) is 0 Å². The van der Waals surface area contributed by atoms with Gasteiger partial charge in [0.1, 0.15) is 11.5 Å². The van der Waals surface area contributed by atoms with Crippen molar-refractivity contribution in [3.05, 3.63) is 48.5 Å². The van der Waals surface area contributed by atoms with Crippen LogP contribution in [0.25, 0.3) is 0 Å². The molecule has 0 radical (unpaired) electrons. The number of rotatable bonds is 6. The van der Waals surface area contributed by atoms with Crippen LogP contribution in [0.2, 0.25) is 0 Å². The second-order valence-corrected chi connectivity index (χ2v) is 11.0. The van der Waals surface area contributed by atoms with Crippen molar-refractivity contribution >= 4 is 47.2 Å². The van der Waals surface area contributed by atoms with Gasteiger partial charge in [-0.2, -0.15) is 0 Å². The van der Waals surface area contributed by atoms with Gasteiger partial charge in [-0.15, -0.1) is 0 Å². The van der Waals surface area contributed by atoms with E-state index in [-0.39, 0.29) is 69.7 Å². The summed E-state index contributed by atoms with van der Waals surface area (Å²) in [5.41, 5.74) is 0. The van der Waals surface area contributed by atoms with Crippen LogP contribution in [0.4, 0.5) is 0 Å². The van der Waals surface area contributed by atoms with E-state index in [0.717, 1.165) is 0 Å². The molecule has 11 heteroatoms. The largest absolute Gasteiger partial charge is 1.00 e. The first-order chi connectivity index (χ1) is 10.8. The van der Waals surface area contributed by atoms with Crippen LogP contribution < -0.4 is 89.0 Å². The summed E-state index contributed by atoms with van der Waals surface area (Å²) in [5.74, 6) is 1.17. The van der Waals surface area contributed by atoms with Gasteiger partial charge in [0.05, 0.1) is 14.2 Å². The molecule has 0 saturated carbocycles. The number of benzene rings is 2. The van der Waals surface area contributed by atoms with Crippen LogP contribution >= 0.6 is 13.0 Å². The molecule has 0 saturated heterocycles. The van der Waals surface area contributed by atoms with Gasteiger partial charge in [-0.3, -0.25) is 0 Å². The van der Waals surface area contributed by atoms with Crippen molar-refractivity contribution in [2.75, 3.05) is 14.2 Å². The van der Waals surface area contributed by atoms with Gasteiger partial charge in [-0.05, 0) is 59.1 Å². The Labute approximate surface area is 202 Å². The van der Waals surface area contributed by atoms with Crippen LogP contribution in [0.1, 0.15) is 0 Å². The predicted molar refractivity (Wildman–Crippen MR) is 94.9 cm³/mol. The molecule has 124 valence electrons. The van der Waals surface area contributed by atoms with Gasteiger partial charge >= 0.3 is 59.1 Å². The number of hydrogen-bond donors (Lipinski definition) is 0. The zero-order chi connectivity index (χ0) is 17.1.